The Bertz CT molecular complexity index is 251. The van der Waals surface area contributed by atoms with Gasteiger partial charge in [-0.25, -0.2) is 0 Å². The monoisotopic (exact) mass is 146 g/mol. The lowest BCUT2D eigenvalue weighted by molar-refractivity contribution is 1.04. The molecule has 2 rings (SSSR count). The summed E-state index contributed by atoms with van der Waals surface area (Å²) in [6.45, 7) is 0.612. The first-order valence-electron chi connectivity index (χ1n) is 4.11. The van der Waals surface area contributed by atoms with Gasteiger partial charge in [0.25, 0.3) is 0 Å². The van der Waals surface area contributed by atoms with Crippen molar-refractivity contribution in [2.75, 3.05) is 0 Å². The minimum Gasteiger partial charge on any atom is -0.326 e. The van der Waals surface area contributed by atoms with Crippen molar-refractivity contribution >= 4 is 0 Å². The molecule has 0 heterocycles. The molecule has 1 heteroatoms. The van der Waals surface area contributed by atoms with Gasteiger partial charge >= 0.3 is 0 Å². The van der Waals surface area contributed by atoms with Gasteiger partial charge in [0, 0.05) is 6.54 Å². The molecule has 0 unspecified atom stereocenters. The molecule has 0 atom stereocenters. The third kappa shape index (κ3) is 1.43. The van der Waals surface area contributed by atoms with Gasteiger partial charge in [0.05, 0.1) is 0 Å². The molecule has 1 aromatic rings. The highest BCUT2D eigenvalue weighted by Crippen LogP contribution is 2.39. The summed E-state index contributed by atoms with van der Waals surface area (Å²) in [6.07, 6.45) is 2.71. The van der Waals surface area contributed by atoms with Gasteiger partial charge in [0.15, 0.2) is 0 Å². The van der Waals surface area contributed by atoms with E-state index in [4.69, 9.17) is 5.73 Å². The lowest BCUT2D eigenvalue weighted by Crippen LogP contribution is -1.96. The van der Waals surface area contributed by atoms with Crippen LogP contribution in [0.1, 0.15) is 29.9 Å². The zero-order valence-electron chi connectivity index (χ0n) is 6.51. The van der Waals surface area contributed by atoms with Crippen LogP contribution in [-0.4, -0.2) is 0 Å². The molecule has 11 heavy (non-hydrogen) atoms. The second kappa shape index (κ2) is 2.67. The molecule has 0 amide bonds. The summed E-state index contributed by atoms with van der Waals surface area (Å²) in [5, 5.41) is 0. The first-order chi connectivity index (χ1) is 5.40. The van der Waals surface area contributed by atoms with Crippen LogP contribution in [0.5, 0.6) is 0 Å². The minimum atomic E-state index is 0.612. The Kier molecular flexibility index (Phi) is 1.66. The van der Waals surface area contributed by atoms with Crippen LogP contribution in [0.4, 0.5) is 0 Å². The van der Waals surface area contributed by atoms with E-state index >= 15 is 0 Å². The highest BCUT2D eigenvalue weighted by Gasteiger charge is 2.23. The van der Waals surface area contributed by atoms with Crippen molar-refractivity contribution in [3.63, 3.8) is 0 Å². The fraction of sp³-hybridized carbons (Fsp3) is 0.400. The molecule has 1 fully saturated rings. The molecular weight excluding hydrogens is 134 g/mol. The first kappa shape index (κ1) is 6.86. The Hall–Kier alpha value is -0.820. The summed E-state index contributed by atoms with van der Waals surface area (Å²) < 4.78 is 0. The molecule has 0 bridgehead atoms. The lowest BCUT2D eigenvalue weighted by Gasteiger charge is -1.99. The number of rotatable bonds is 2. The topological polar surface area (TPSA) is 26.0 Å². The normalized spacial score (nSPS) is 16.8. The smallest absolute Gasteiger partial charge is 0.0184 e. The van der Waals surface area contributed by atoms with E-state index in [2.05, 4.69) is 18.2 Å². The van der Waals surface area contributed by atoms with Gasteiger partial charge in [-0.05, 0) is 36.0 Å². The predicted octanol–water partition coefficient (Wildman–Crippen LogP) is 1.82. The van der Waals surface area contributed by atoms with Crippen molar-refractivity contribution in [2.24, 2.45) is 5.73 Å². The van der Waals surface area contributed by atoms with Gasteiger partial charge in [0.1, 0.15) is 0 Å². The second-order valence-electron chi connectivity index (χ2n) is 3.13. The van der Waals surface area contributed by atoms with Crippen LogP contribution < -0.4 is 5.73 Å². The van der Waals surface area contributed by atoms with Crippen LogP contribution in [0.2, 0.25) is 0 Å². The molecule has 1 radical (unpaired) electrons. The van der Waals surface area contributed by atoms with E-state index in [9.17, 15) is 0 Å². The van der Waals surface area contributed by atoms with Crippen LogP contribution in [0, 0.1) is 6.07 Å². The maximum atomic E-state index is 5.51. The Morgan fingerprint density at radius 1 is 1.55 bits per heavy atom. The summed E-state index contributed by atoms with van der Waals surface area (Å²) in [7, 11) is 0. The summed E-state index contributed by atoms with van der Waals surface area (Å²) >= 11 is 0. The molecule has 2 N–H and O–H groups in total. The van der Waals surface area contributed by atoms with E-state index < -0.39 is 0 Å². The minimum absolute atomic E-state index is 0.612. The Labute approximate surface area is 67.2 Å². The molecule has 0 aromatic heterocycles. The highest BCUT2D eigenvalue weighted by atomic mass is 14.5. The van der Waals surface area contributed by atoms with Gasteiger partial charge in [0.2, 0.25) is 0 Å². The van der Waals surface area contributed by atoms with Crippen molar-refractivity contribution in [3.8, 4) is 0 Å². The molecule has 0 aliphatic heterocycles. The van der Waals surface area contributed by atoms with Gasteiger partial charge in [-0.1, -0.05) is 18.2 Å². The molecule has 0 saturated heterocycles. The number of hydrogen-bond donors (Lipinski definition) is 1. The number of benzene rings is 1. The fourth-order valence-electron chi connectivity index (χ4n) is 1.32. The Balaban J connectivity index is 2.26. The molecule has 1 saturated carbocycles. The molecule has 1 aliphatic rings. The third-order valence-corrected chi connectivity index (χ3v) is 2.15. The average molecular weight is 146 g/mol. The molecule has 1 nitrogen and oxygen atoms in total. The summed E-state index contributed by atoms with van der Waals surface area (Å²) in [5.74, 6) is 0.829. The van der Waals surface area contributed by atoms with Gasteiger partial charge in [-0.15, -0.1) is 0 Å². The lowest BCUT2D eigenvalue weighted by atomic mass is 10.1. The Morgan fingerprint density at radius 3 is 3.00 bits per heavy atom. The van der Waals surface area contributed by atoms with E-state index in [1.807, 2.05) is 6.07 Å². The largest absolute Gasteiger partial charge is 0.326 e. The van der Waals surface area contributed by atoms with E-state index in [1.54, 1.807) is 0 Å². The van der Waals surface area contributed by atoms with Crippen LogP contribution >= 0.6 is 0 Å². The highest BCUT2D eigenvalue weighted by molar-refractivity contribution is 5.28. The summed E-state index contributed by atoms with van der Waals surface area (Å²) in [4.78, 5) is 0. The first-order valence-corrected chi connectivity index (χ1v) is 4.11. The molecule has 0 spiro atoms. The van der Waals surface area contributed by atoms with E-state index in [-0.39, 0.29) is 0 Å². The van der Waals surface area contributed by atoms with Crippen LogP contribution in [-0.2, 0) is 6.54 Å². The maximum absolute atomic E-state index is 5.51. The van der Waals surface area contributed by atoms with E-state index in [1.165, 1.54) is 18.4 Å². The third-order valence-electron chi connectivity index (χ3n) is 2.15. The fourth-order valence-corrected chi connectivity index (χ4v) is 1.32. The van der Waals surface area contributed by atoms with Crippen molar-refractivity contribution in [2.45, 2.75) is 25.3 Å². The van der Waals surface area contributed by atoms with E-state index in [0.29, 0.717) is 6.54 Å². The van der Waals surface area contributed by atoms with Crippen LogP contribution in [0.25, 0.3) is 0 Å². The standard InChI is InChI=1S/C10H12N/c11-7-8-2-1-3-10(6-8)9-4-5-9/h1,3,6,9H,4-5,7,11H2. The zero-order valence-corrected chi connectivity index (χ0v) is 6.51. The predicted molar refractivity (Wildman–Crippen MR) is 45.1 cm³/mol. The maximum Gasteiger partial charge on any atom is 0.0184 e. The van der Waals surface area contributed by atoms with Gasteiger partial charge in [-0.2, -0.15) is 0 Å². The molecule has 57 valence electrons. The quantitative estimate of drug-likeness (QED) is 0.676. The van der Waals surface area contributed by atoms with Crippen molar-refractivity contribution in [3.05, 3.63) is 35.4 Å². The van der Waals surface area contributed by atoms with Gasteiger partial charge in [-0.3, -0.25) is 0 Å². The zero-order chi connectivity index (χ0) is 7.68. The number of hydrogen-bond acceptors (Lipinski definition) is 1. The Morgan fingerprint density at radius 2 is 2.36 bits per heavy atom. The van der Waals surface area contributed by atoms with Crippen molar-refractivity contribution in [1.29, 1.82) is 0 Å². The average Bonchev–Trinajstić information content (AvgIpc) is 2.87. The molecule has 1 aliphatic carbocycles. The van der Waals surface area contributed by atoms with E-state index in [0.717, 1.165) is 11.5 Å². The summed E-state index contributed by atoms with van der Waals surface area (Å²) in [5.41, 5.74) is 8.09. The second-order valence-corrected chi connectivity index (χ2v) is 3.13. The summed E-state index contributed by atoms with van der Waals surface area (Å²) in [6, 6.07) is 9.43. The van der Waals surface area contributed by atoms with Crippen LogP contribution in [0.3, 0.4) is 0 Å². The van der Waals surface area contributed by atoms with Crippen molar-refractivity contribution in [1.82, 2.24) is 0 Å². The molecular formula is C10H12N. The van der Waals surface area contributed by atoms with Crippen LogP contribution in [0.15, 0.2) is 18.2 Å². The van der Waals surface area contributed by atoms with Crippen molar-refractivity contribution < 1.29 is 0 Å². The molecule has 1 aromatic carbocycles. The number of nitrogens with two attached hydrogens (primary N) is 1. The van der Waals surface area contributed by atoms with Gasteiger partial charge < -0.3 is 5.73 Å². The SMILES string of the molecule is NCc1[c]ccc(C2CC2)c1.